The van der Waals surface area contributed by atoms with Crippen LogP contribution in [0.2, 0.25) is 5.02 Å². The molecule has 0 aromatic heterocycles. The van der Waals surface area contributed by atoms with E-state index >= 15 is 0 Å². The van der Waals surface area contributed by atoms with Crippen LogP contribution in [-0.2, 0) is 6.54 Å². The summed E-state index contributed by atoms with van der Waals surface area (Å²) in [4.78, 5) is 10.5. The van der Waals surface area contributed by atoms with E-state index < -0.39 is 12.3 Å². The quantitative estimate of drug-likeness (QED) is 0.147. The summed E-state index contributed by atoms with van der Waals surface area (Å²) in [6, 6.07) is 21.2. The molecule has 204 valence electrons. The fraction of sp³-hybridized carbons (Fsp3) is 0.143. The number of carbonyl (C=O) groups excluding carboxylic acids is 1. The Bertz CT molecular complexity index is 1430. The lowest BCUT2D eigenvalue weighted by Gasteiger charge is -2.12. The van der Waals surface area contributed by atoms with Crippen LogP contribution in [0.15, 0.2) is 78.9 Å². The highest BCUT2D eigenvalue weighted by Crippen LogP contribution is 2.28. The molecule has 0 atom stereocenters. The van der Waals surface area contributed by atoms with Gasteiger partial charge >= 0.3 is 6.36 Å². The first-order valence-electron chi connectivity index (χ1n) is 11.6. The van der Waals surface area contributed by atoms with Crippen molar-refractivity contribution in [2.45, 2.75) is 12.9 Å². The number of aromatic hydroxyl groups is 1. The van der Waals surface area contributed by atoms with Gasteiger partial charge in [-0.25, -0.2) is 0 Å². The molecule has 0 bridgehead atoms. The van der Waals surface area contributed by atoms with Crippen LogP contribution in [0.3, 0.4) is 0 Å². The van der Waals surface area contributed by atoms with E-state index in [0.29, 0.717) is 19.7 Å². The number of amides is 1. The second-order valence-electron chi connectivity index (χ2n) is 8.09. The summed E-state index contributed by atoms with van der Waals surface area (Å²) in [6.07, 6.45) is -3.36. The zero-order valence-electron chi connectivity index (χ0n) is 20.5. The maximum atomic E-state index is 12.1. The van der Waals surface area contributed by atoms with Crippen LogP contribution >= 0.6 is 11.6 Å². The smallest absolute Gasteiger partial charge is 0.506 e. The summed E-state index contributed by atoms with van der Waals surface area (Å²) in [5, 5.41) is 21.7. The van der Waals surface area contributed by atoms with Gasteiger partial charge < -0.3 is 31.0 Å². The summed E-state index contributed by atoms with van der Waals surface area (Å²) in [5.41, 5.74) is 6.91. The van der Waals surface area contributed by atoms with Gasteiger partial charge in [-0.05, 0) is 53.4 Å². The Morgan fingerprint density at radius 2 is 1.72 bits per heavy atom. The molecule has 7 nitrogen and oxygen atoms in total. The number of hydrogen-bond acceptors (Lipinski definition) is 6. The van der Waals surface area contributed by atoms with E-state index in [-0.39, 0.29) is 22.1 Å². The van der Waals surface area contributed by atoms with Crippen molar-refractivity contribution in [3.05, 3.63) is 101 Å². The highest BCUT2D eigenvalue weighted by molar-refractivity contribution is 6.32. The van der Waals surface area contributed by atoms with Crippen LogP contribution in [0.25, 0.3) is 10.8 Å². The zero-order chi connectivity index (χ0) is 28.4. The molecule has 0 spiro atoms. The molecule has 4 rings (SSSR count). The zero-order valence-corrected chi connectivity index (χ0v) is 21.2. The van der Waals surface area contributed by atoms with Crippen molar-refractivity contribution in [3.8, 4) is 17.2 Å². The molecule has 11 heteroatoms. The van der Waals surface area contributed by atoms with Crippen molar-refractivity contribution in [2.75, 3.05) is 13.2 Å². The molecule has 5 N–H and O–H groups in total. The lowest BCUT2D eigenvalue weighted by Crippen LogP contribution is -2.20. The lowest BCUT2D eigenvalue weighted by atomic mass is 10.0. The Morgan fingerprint density at radius 1 is 1.03 bits per heavy atom. The molecular weight excluding hydrogens is 535 g/mol. The number of benzene rings is 4. The first kappa shape index (κ1) is 29.3. The largest absolute Gasteiger partial charge is 0.573 e. The fourth-order valence-corrected chi connectivity index (χ4v) is 3.66. The molecule has 4 aromatic carbocycles. The van der Waals surface area contributed by atoms with Gasteiger partial charge in [-0.15, -0.1) is 13.2 Å². The number of nitrogens with two attached hydrogens (primary N) is 1. The number of hydrogen-bond donors (Lipinski definition) is 4. The first-order valence-corrected chi connectivity index (χ1v) is 11.9. The fourth-order valence-electron chi connectivity index (χ4n) is 3.48. The van der Waals surface area contributed by atoms with Gasteiger partial charge in [0.1, 0.15) is 23.9 Å². The van der Waals surface area contributed by atoms with Crippen LogP contribution in [0, 0.1) is 5.41 Å². The average Bonchev–Trinajstić information content (AvgIpc) is 2.90. The van der Waals surface area contributed by atoms with E-state index in [0.717, 1.165) is 27.6 Å². The van der Waals surface area contributed by atoms with Crippen molar-refractivity contribution < 1.29 is 32.5 Å². The van der Waals surface area contributed by atoms with E-state index in [2.05, 4.69) is 10.1 Å². The summed E-state index contributed by atoms with van der Waals surface area (Å²) in [7, 11) is 0. The standard InChI is InChI=1S/C21H19F3N2O2.C7H6ClNO2/c22-21(23,24)28-17-8-5-15(6-9-17)14-26-11-12-27-20-10-7-16(13-25)18-3-1-2-4-19(18)20;8-5-3-4(7(9)11)1-2-6(5)10/h1-10,13,25-26H,11-12,14H2;1-3,10H,(H2,9,11). The van der Waals surface area contributed by atoms with E-state index in [1.54, 1.807) is 12.1 Å². The van der Waals surface area contributed by atoms with Crippen molar-refractivity contribution >= 4 is 34.5 Å². The second-order valence-corrected chi connectivity index (χ2v) is 8.50. The van der Waals surface area contributed by atoms with Crippen LogP contribution in [-0.4, -0.2) is 36.7 Å². The molecular formula is C28H25ClF3N3O4. The molecule has 0 saturated heterocycles. The Morgan fingerprint density at radius 3 is 2.33 bits per heavy atom. The summed E-state index contributed by atoms with van der Waals surface area (Å²) in [6.45, 7) is 1.51. The normalized spacial score (nSPS) is 10.9. The number of phenolic OH excluding ortho intramolecular Hbond substituents is 1. The molecule has 0 aliphatic heterocycles. The number of fused-ring (bicyclic) bond motifs is 1. The van der Waals surface area contributed by atoms with Gasteiger partial charge in [0.25, 0.3) is 0 Å². The molecule has 1 amide bonds. The minimum absolute atomic E-state index is 0.0586. The van der Waals surface area contributed by atoms with E-state index in [9.17, 15) is 18.0 Å². The van der Waals surface area contributed by atoms with Crippen molar-refractivity contribution in [1.29, 1.82) is 5.41 Å². The summed E-state index contributed by atoms with van der Waals surface area (Å²) < 4.78 is 46.1. The number of ether oxygens (including phenoxy) is 2. The third kappa shape index (κ3) is 8.91. The third-order valence-electron chi connectivity index (χ3n) is 5.33. The maximum absolute atomic E-state index is 12.1. The molecule has 0 fully saturated rings. The van der Waals surface area contributed by atoms with Crippen LogP contribution < -0.4 is 20.5 Å². The highest BCUT2D eigenvalue weighted by Gasteiger charge is 2.30. The minimum atomic E-state index is -4.68. The van der Waals surface area contributed by atoms with Gasteiger partial charge in [0.2, 0.25) is 5.91 Å². The number of nitrogens with one attached hydrogen (secondary N) is 2. The van der Waals surface area contributed by atoms with Crippen molar-refractivity contribution in [3.63, 3.8) is 0 Å². The van der Waals surface area contributed by atoms with Gasteiger partial charge in [-0.3, -0.25) is 4.79 Å². The molecule has 0 heterocycles. The van der Waals surface area contributed by atoms with E-state index in [4.69, 9.17) is 32.6 Å². The maximum Gasteiger partial charge on any atom is 0.573 e. The minimum Gasteiger partial charge on any atom is -0.506 e. The van der Waals surface area contributed by atoms with Gasteiger partial charge in [0, 0.05) is 35.8 Å². The highest BCUT2D eigenvalue weighted by atomic mass is 35.5. The van der Waals surface area contributed by atoms with Crippen LogP contribution in [0.5, 0.6) is 17.2 Å². The first-order chi connectivity index (χ1) is 18.6. The monoisotopic (exact) mass is 559 g/mol. The molecule has 0 radical (unpaired) electrons. The van der Waals surface area contributed by atoms with Crippen LogP contribution in [0.4, 0.5) is 13.2 Å². The number of rotatable bonds is 9. The Balaban J connectivity index is 0.000000320. The number of carbonyl (C=O) groups is 1. The molecule has 0 aliphatic carbocycles. The summed E-state index contributed by atoms with van der Waals surface area (Å²) >= 11 is 5.50. The third-order valence-corrected chi connectivity index (χ3v) is 5.63. The molecule has 0 saturated carbocycles. The molecule has 4 aromatic rings. The number of phenols is 1. The lowest BCUT2D eigenvalue weighted by molar-refractivity contribution is -0.274. The predicted molar refractivity (Wildman–Crippen MR) is 144 cm³/mol. The SMILES string of the molecule is N=Cc1ccc(OCCNCc2ccc(OC(F)(F)F)cc2)c2ccccc12.NC(=O)c1ccc(O)c(Cl)c1. The topological polar surface area (TPSA) is 118 Å². The molecule has 0 unspecified atom stereocenters. The number of primary amides is 1. The Hall–Kier alpha value is -4.28. The van der Waals surface area contributed by atoms with E-state index in [1.807, 2.05) is 36.4 Å². The molecule has 0 aliphatic rings. The Kier molecular flexibility index (Phi) is 10.1. The second kappa shape index (κ2) is 13.5. The average molecular weight is 560 g/mol. The van der Waals surface area contributed by atoms with Gasteiger partial charge in [0.15, 0.2) is 0 Å². The predicted octanol–water partition coefficient (Wildman–Crippen LogP) is 6.05. The number of alkyl halides is 3. The van der Waals surface area contributed by atoms with Crippen molar-refractivity contribution in [1.82, 2.24) is 5.32 Å². The van der Waals surface area contributed by atoms with Gasteiger partial charge in [-0.2, -0.15) is 0 Å². The van der Waals surface area contributed by atoms with E-state index in [1.165, 1.54) is 36.5 Å². The van der Waals surface area contributed by atoms with Crippen LogP contribution in [0.1, 0.15) is 21.5 Å². The van der Waals surface area contributed by atoms with Gasteiger partial charge in [-0.1, -0.05) is 48.0 Å². The van der Waals surface area contributed by atoms with Crippen molar-refractivity contribution in [2.24, 2.45) is 5.73 Å². The van der Waals surface area contributed by atoms with Gasteiger partial charge in [0.05, 0.1) is 5.02 Å². The summed E-state index contributed by atoms with van der Waals surface area (Å²) in [5.74, 6) is -0.111. The molecule has 39 heavy (non-hydrogen) atoms. The Labute approximate surface area is 227 Å². The number of halogens is 4.